The van der Waals surface area contributed by atoms with Crippen LogP contribution in [0.3, 0.4) is 0 Å². The number of amides is 2. The third kappa shape index (κ3) is 7.09. The van der Waals surface area contributed by atoms with Gasteiger partial charge in [0.15, 0.2) is 0 Å². The first-order valence-electron chi connectivity index (χ1n) is 4.34. The lowest BCUT2D eigenvalue weighted by atomic mass is 10.2. The standard InChI is InChI=1S/C10H17N3O/c1-7(2)5-9(6-8(3)4)12-13-10(11)14/h5-6H,1-4H3,(H3,11,13,14). The summed E-state index contributed by atoms with van der Waals surface area (Å²) < 4.78 is 0. The van der Waals surface area contributed by atoms with Crippen molar-refractivity contribution in [2.45, 2.75) is 27.7 Å². The summed E-state index contributed by atoms with van der Waals surface area (Å²) in [5, 5.41) is 3.84. The van der Waals surface area contributed by atoms with Gasteiger partial charge >= 0.3 is 6.03 Å². The fourth-order valence-electron chi connectivity index (χ4n) is 0.817. The van der Waals surface area contributed by atoms with Crippen molar-refractivity contribution in [1.29, 1.82) is 0 Å². The number of rotatable bonds is 3. The van der Waals surface area contributed by atoms with Crippen LogP contribution in [0.1, 0.15) is 27.7 Å². The Morgan fingerprint density at radius 2 is 1.57 bits per heavy atom. The summed E-state index contributed by atoms with van der Waals surface area (Å²) in [4.78, 5) is 10.4. The second-order valence-electron chi connectivity index (χ2n) is 3.46. The Labute approximate surface area is 84.6 Å². The predicted octanol–water partition coefficient (Wildman–Crippen LogP) is 1.94. The average Bonchev–Trinajstić information content (AvgIpc) is 1.97. The fraction of sp³-hybridized carbons (Fsp3) is 0.400. The molecule has 0 unspecified atom stereocenters. The van der Waals surface area contributed by atoms with E-state index in [0.717, 1.165) is 11.1 Å². The number of carbonyl (C=O) groups is 1. The van der Waals surface area contributed by atoms with Crippen molar-refractivity contribution in [1.82, 2.24) is 5.43 Å². The average molecular weight is 195 g/mol. The number of nitrogens with zero attached hydrogens (tertiary/aromatic N) is 1. The van der Waals surface area contributed by atoms with Crippen LogP contribution in [-0.2, 0) is 0 Å². The van der Waals surface area contributed by atoms with E-state index in [-0.39, 0.29) is 0 Å². The SMILES string of the molecule is CC(C)=CC(C=C(C)C)=NNC(N)=O. The van der Waals surface area contributed by atoms with Gasteiger partial charge in [0.1, 0.15) is 0 Å². The Hall–Kier alpha value is -1.58. The first kappa shape index (κ1) is 12.4. The lowest BCUT2D eigenvalue weighted by Gasteiger charge is -1.98. The van der Waals surface area contributed by atoms with E-state index in [1.807, 2.05) is 39.8 Å². The van der Waals surface area contributed by atoms with E-state index in [2.05, 4.69) is 10.5 Å². The molecule has 3 N–H and O–H groups in total. The minimum Gasteiger partial charge on any atom is -0.350 e. The summed E-state index contributed by atoms with van der Waals surface area (Å²) in [6.07, 6.45) is 3.73. The summed E-state index contributed by atoms with van der Waals surface area (Å²) in [7, 11) is 0. The molecule has 4 heteroatoms. The fourth-order valence-corrected chi connectivity index (χ4v) is 0.817. The number of hydrazone groups is 1. The second-order valence-corrected chi connectivity index (χ2v) is 3.46. The molecule has 0 aliphatic rings. The molecule has 0 heterocycles. The Bertz CT molecular complexity index is 272. The van der Waals surface area contributed by atoms with Crippen molar-refractivity contribution in [2.24, 2.45) is 10.8 Å². The van der Waals surface area contributed by atoms with Gasteiger partial charge in [0.2, 0.25) is 0 Å². The highest BCUT2D eigenvalue weighted by atomic mass is 16.2. The number of allylic oxidation sites excluding steroid dienone is 4. The number of nitrogens with one attached hydrogen (secondary N) is 1. The van der Waals surface area contributed by atoms with Crippen molar-refractivity contribution >= 4 is 11.7 Å². The summed E-state index contributed by atoms with van der Waals surface area (Å²) in [6.45, 7) is 7.83. The zero-order chi connectivity index (χ0) is 11.1. The maximum atomic E-state index is 10.4. The van der Waals surface area contributed by atoms with Crippen LogP contribution in [0.15, 0.2) is 28.4 Å². The molecule has 0 aliphatic carbocycles. The molecule has 0 aromatic heterocycles. The van der Waals surface area contributed by atoms with Gasteiger partial charge in [-0.15, -0.1) is 0 Å². The van der Waals surface area contributed by atoms with Crippen molar-refractivity contribution in [2.75, 3.05) is 0 Å². The zero-order valence-electron chi connectivity index (χ0n) is 9.09. The summed E-state index contributed by atoms with van der Waals surface area (Å²) in [6, 6.07) is -0.660. The molecule has 0 radical (unpaired) electrons. The maximum Gasteiger partial charge on any atom is 0.332 e. The zero-order valence-corrected chi connectivity index (χ0v) is 9.09. The monoisotopic (exact) mass is 195 g/mol. The number of primary amides is 1. The molecule has 0 bridgehead atoms. The van der Waals surface area contributed by atoms with Gasteiger partial charge in [-0.3, -0.25) is 0 Å². The van der Waals surface area contributed by atoms with Crippen LogP contribution in [-0.4, -0.2) is 11.7 Å². The summed E-state index contributed by atoms with van der Waals surface area (Å²) in [5.74, 6) is 0. The first-order chi connectivity index (χ1) is 6.41. The Morgan fingerprint density at radius 1 is 1.14 bits per heavy atom. The van der Waals surface area contributed by atoms with E-state index >= 15 is 0 Å². The Balaban J connectivity index is 4.73. The van der Waals surface area contributed by atoms with Crippen LogP contribution in [0.2, 0.25) is 0 Å². The molecule has 0 aromatic carbocycles. The van der Waals surface area contributed by atoms with Gasteiger partial charge in [0.05, 0.1) is 5.71 Å². The van der Waals surface area contributed by atoms with Gasteiger partial charge < -0.3 is 5.73 Å². The molecule has 0 saturated heterocycles. The Morgan fingerprint density at radius 3 is 1.86 bits per heavy atom. The van der Waals surface area contributed by atoms with E-state index < -0.39 is 6.03 Å². The molecular weight excluding hydrogens is 178 g/mol. The highest BCUT2D eigenvalue weighted by Gasteiger charge is 1.92. The highest BCUT2D eigenvalue weighted by molar-refractivity contribution is 6.05. The van der Waals surface area contributed by atoms with Crippen molar-refractivity contribution < 1.29 is 4.79 Å². The summed E-state index contributed by atoms with van der Waals surface area (Å²) in [5.41, 5.74) is 9.99. The number of hydrogen-bond acceptors (Lipinski definition) is 2. The molecule has 78 valence electrons. The van der Waals surface area contributed by atoms with Crippen molar-refractivity contribution in [3.63, 3.8) is 0 Å². The van der Waals surface area contributed by atoms with Gasteiger partial charge in [0, 0.05) is 0 Å². The summed E-state index contributed by atoms with van der Waals surface area (Å²) >= 11 is 0. The topological polar surface area (TPSA) is 67.5 Å². The van der Waals surface area contributed by atoms with E-state index in [4.69, 9.17) is 5.73 Å². The lowest BCUT2D eigenvalue weighted by molar-refractivity contribution is 0.249. The van der Waals surface area contributed by atoms with Gasteiger partial charge in [-0.05, 0) is 39.8 Å². The molecule has 0 aliphatic heterocycles. The molecule has 0 aromatic rings. The number of hydrogen-bond donors (Lipinski definition) is 2. The van der Waals surface area contributed by atoms with Crippen LogP contribution in [0.25, 0.3) is 0 Å². The van der Waals surface area contributed by atoms with Gasteiger partial charge in [-0.1, -0.05) is 11.1 Å². The molecular formula is C10H17N3O. The van der Waals surface area contributed by atoms with Crippen molar-refractivity contribution in [3.8, 4) is 0 Å². The smallest absolute Gasteiger partial charge is 0.332 e. The molecule has 0 spiro atoms. The quantitative estimate of drug-likeness (QED) is 0.524. The number of urea groups is 1. The molecule has 4 nitrogen and oxygen atoms in total. The van der Waals surface area contributed by atoms with Crippen LogP contribution in [0.4, 0.5) is 4.79 Å². The van der Waals surface area contributed by atoms with Crippen molar-refractivity contribution in [3.05, 3.63) is 23.3 Å². The van der Waals surface area contributed by atoms with Crippen LogP contribution in [0, 0.1) is 0 Å². The van der Waals surface area contributed by atoms with Crippen LogP contribution in [0.5, 0.6) is 0 Å². The largest absolute Gasteiger partial charge is 0.350 e. The van der Waals surface area contributed by atoms with Gasteiger partial charge in [-0.2, -0.15) is 5.10 Å². The molecule has 0 rings (SSSR count). The van der Waals surface area contributed by atoms with Gasteiger partial charge in [0.25, 0.3) is 0 Å². The molecule has 0 fully saturated rings. The van der Waals surface area contributed by atoms with E-state index in [0.29, 0.717) is 5.71 Å². The molecule has 0 atom stereocenters. The molecule has 0 saturated carbocycles. The molecule has 14 heavy (non-hydrogen) atoms. The number of nitrogens with two attached hydrogens (primary N) is 1. The third-order valence-corrected chi connectivity index (χ3v) is 1.17. The minimum absolute atomic E-state index is 0.660. The van der Waals surface area contributed by atoms with E-state index in [9.17, 15) is 4.79 Å². The predicted molar refractivity (Wildman–Crippen MR) is 59.0 cm³/mol. The second kappa shape index (κ2) is 5.96. The maximum absolute atomic E-state index is 10.4. The van der Waals surface area contributed by atoms with Crippen LogP contribution >= 0.6 is 0 Å². The third-order valence-electron chi connectivity index (χ3n) is 1.17. The first-order valence-corrected chi connectivity index (χ1v) is 4.34. The van der Waals surface area contributed by atoms with E-state index in [1.165, 1.54) is 0 Å². The van der Waals surface area contributed by atoms with Gasteiger partial charge in [-0.25, -0.2) is 10.2 Å². The van der Waals surface area contributed by atoms with Crippen LogP contribution < -0.4 is 11.2 Å². The minimum atomic E-state index is -0.660. The number of carbonyl (C=O) groups excluding carboxylic acids is 1. The normalized spacial score (nSPS) is 8.57. The Kier molecular flexibility index (Phi) is 5.29. The lowest BCUT2D eigenvalue weighted by Crippen LogP contribution is -2.25. The highest BCUT2D eigenvalue weighted by Crippen LogP contribution is 1.96. The van der Waals surface area contributed by atoms with E-state index in [1.54, 1.807) is 0 Å². The molecule has 2 amide bonds.